The van der Waals surface area contributed by atoms with Crippen LogP contribution in [0.4, 0.5) is 17.3 Å². The highest BCUT2D eigenvalue weighted by Crippen LogP contribution is 2.25. The predicted molar refractivity (Wildman–Crippen MR) is 79.7 cm³/mol. The van der Waals surface area contributed by atoms with Crippen molar-refractivity contribution >= 4 is 17.3 Å². The highest BCUT2D eigenvalue weighted by atomic mass is 16.5. The van der Waals surface area contributed by atoms with E-state index in [1.54, 1.807) is 7.11 Å². The van der Waals surface area contributed by atoms with Gasteiger partial charge in [0.1, 0.15) is 23.2 Å². The minimum atomic E-state index is 0.582. The van der Waals surface area contributed by atoms with Crippen LogP contribution in [-0.2, 0) is 0 Å². The fraction of sp³-hybridized carbons (Fsp3) is 0.333. The van der Waals surface area contributed by atoms with Gasteiger partial charge in [-0.15, -0.1) is 0 Å². The topological polar surface area (TPSA) is 59.1 Å². The third kappa shape index (κ3) is 3.17. The number of methoxy groups -OCH3 is 1. The molecule has 1 heterocycles. The van der Waals surface area contributed by atoms with Gasteiger partial charge in [0.15, 0.2) is 0 Å². The van der Waals surface area contributed by atoms with E-state index in [1.165, 1.54) is 12.8 Å². The van der Waals surface area contributed by atoms with E-state index >= 15 is 0 Å². The molecule has 1 aliphatic rings. The molecule has 3 rings (SSSR count). The summed E-state index contributed by atoms with van der Waals surface area (Å²) in [4.78, 5) is 8.81. The molecule has 0 unspecified atom stereocenters. The summed E-state index contributed by atoms with van der Waals surface area (Å²) in [6, 6.07) is 10.3. The Morgan fingerprint density at radius 3 is 2.45 bits per heavy atom. The van der Waals surface area contributed by atoms with E-state index in [0.717, 1.165) is 28.9 Å². The molecule has 0 amide bonds. The van der Waals surface area contributed by atoms with Crippen LogP contribution in [-0.4, -0.2) is 23.1 Å². The molecule has 1 aliphatic carbocycles. The summed E-state index contributed by atoms with van der Waals surface area (Å²) in [6.07, 6.45) is 2.45. The Labute approximate surface area is 118 Å². The first-order chi connectivity index (χ1) is 9.72. The van der Waals surface area contributed by atoms with Gasteiger partial charge in [-0.1, -0.05) is 0 Å². The second-order valence-corrected chi connectivity index (χ2v) is 4.96. The number of benzene rings is 1. The molecule has 0 saturated heterocycles. The zero-order valence-electron chi connectivity index (χ0n) is 11.7. The van der Waals surface area contributed by atoms with E-state index in [1.807, 2.05) is 37.3 Å². The number of anilines is 3. The maximum atomic E-state index is 5.14. The molecule has 0 atom stereocenters. The lowest BCUT2D eigenvalue weighted by Crippen LogP contribution is -2.06. The molecular weight excluding hydrogens is 252 g/mol. The number of nitrogens with zero attached hydrogens (tertiary/aromatic N) is 2. The van der Waals surface area contributed by atoms with Crippen LogP contribution in [0.1, 0.15) is 18.7 Å². The zero-order valence-corrected chi connectivity index (χ0v) is 11.7. The van der Waals surface area contributed by atoms with E-state index in [2.05, 4.69) is 20.6 Å². The molecule has 0 spiro atoms. The number of nitrogens with one attached hydrogen (secondary N) is 2. The Morgan fingerprint density at radius 1 is 1.10 bits per heavy atom. The molecule has 0 radical (unpaired) electrons. The van der Waals surface area contributed by atoms with Crippen LogP contribution in [0.15, 0.2) is 30.3 Å². The van der Waals surface area contributed by atoms with Crippen LogP contribution >= 0.6 is 0 Å². The standard InChI is InChI=1S/C15H18N4O/c1-10-16-14(18-11-3-4-11)9-15(17-10)19-12-5-7-13(20-2)8-6-12/h5-9,11H,3-4H2,1-2H3,(H2,16,17,18,19). The van der Waals surface area contributed by atoms with Crippen molar-refractivity contribution in [3.8, 4) is 5.75 Å². The fourth-order valence-corrected chi connectivity index (χ4v) is 1.96. The van der Waals surface area contributed by atoms with Crippen molar-refractivity contribution in [1.29, 1.82) is 0 Å². The summed E-state index contributed by atoms with van der Waals surface area (Å²) in [7, 11) is 1.66. The summed E-state index contributed by atoms with van der Waals surface area (Å²) >= 11 is 0. The number of aromatic nitrogens is 2. The number of rotatable bonds is 5. The molecule has 2 aromatic rings. The van der Waals surface area contributed by atoms with Crippen LogP contribution < -0.4 is 15.4 Å². The Morgan fingerprint density at radius 2 is 1.80 bits per heavy atom. The Hall–Kier alpha value is -2.30. The first-order valence-electron chi connectivity index (χ1n) is 6.76. The molecule has 1 fully saturated rings. The molecule has 0 bridgehead atoms. The van der Waals surface area contributed by atoms with Gasteiger partial charge in [0.25, 0.3) is 0 Å². The minimum absolute atomic E-state index is 0.582. The van der Waals surface area contributed by atoms with Crippen molar-refractivity contribution in [2.45, 2.75) is 25.8 Å². The van der Waals surface area contributed by atoms with E-state index in [-0.39, 0.29) is 0 Å². The molecule has 5 nitrogen and oxygen atoms in total. The summed E-state index contributed by atoms with van der Waals surface area (Å²) < 4.78 is 5.14. The van der Waals surface area contributed by atoms with E-state index in [4.69, 9.17) is 4.74 Å². The van der Waals surface area contributed by atoms with Crippen molar-refractivity contribution < 1.29 is 4.74 Å². The van der Waals surface area contributed by atoms with Crippen LogP contribution in [0.2, 0.25) is 0 Å². The van der Waals surface area contributed by atoms with Gasteiger partial charge in [-0.05, 0) is 44.0 Å². The second-order valence-electron chi connectivity index (χ2n) is 4.96. The largest absolute Gasteiger partial charge is 0.497 e. The number of hydrogen-bond donors (Lipinski definition) is 2. The van der Waals surface area contributed by atoms with Crippen molar-refractivity contribution in [2.24, 2.45) is 0 Å². The van der Waals surface area contributed by atoms with Gasteiger partial charge >= 0.3 is 0 Å². The zero-order chi connectivity index (χ0) is 13.9. The van der Waals surface area contributed by atoms with Gasteiger partial charge in [-0.2, -0.15) is 0 Å². The number of ether oxygens (including phenoxy) is 1. The van der Waals surface area contributed by atoms with Gasteiger partial charge in [0, 0.05) is 17.8 Å². The number of hydrogen-bond acceptors (Lipinski definition) is 5. The molecule has 2 N–H and O–H groups in total. The molecule has 104 valence electrons. The minimum Gasteiger partial charge on any atom is -0.497 e. The predicted octanol–water partition coefficient (Wildman–Crippen LogP) is 3.11. The lowest BCUT2D eigenvalue weighted by atomic mass is 10.3. The lowest BCUT2D eigenvalue weighted by Gasteiger charge is -2.10. The monoisotopic (exact) mass is 270 g/mol. The van der Waals surface area contributed by atoms with Crippen LogP contribution in [0.25, 0.3) is 0 Å². The van der Waals surface area contributed by atoms with Crippen molar-refractivity contribution in [2.75, 3.05) is 17.7 Å². The average molecular weight is 270 g/mol. The van der Waals surface area contributed by atoms with Gasteiger partial charge in [-0.25, -0.2) is 9.97 Å². The molecule has 5 heteroatoms. The second kappa shape index (κ2) is 5.36. The van der Waals surface area contributed by atoms with Gasteiger partial charge < -0.3 is 15.4 Å². The van der Waals surface area contributed by atoms with Gasteiger partial charge in [0.2, 0.25) is 0 Å². The molecule has 1 aromatic carbocycles. The highest BCUT2D eigenvalue weighted by molar-refractivity contribution is 5.60. The summed E-state index contributed by atoms with van der Waals surface area (Å²) in [6.45, 7) is 1.90. The normalized spacial score (nSPS) is 13.9. The van der Waals surface area contributed by atoms with E-state index < -0.39 is 0 Å². The van der Waals surface area contributed by atoms with E-state index in [9.17, 15) is 0 Å². The molecular formula is C15H18N4O. The maximum absolute atomic E-state index is 5.14. The van der Waals surface area contributed by atoms with Crippen molar-refractivity contribution in [1.82, 2.24) is 9.97 Å². The first kappa shape index (κ1) is 12.7. The summed E-state index contributed by atoms with van der Waals surface area (Å²) in [5.41, 5.74) is 0.973. The Kier molecular flexibility index (Phi) is 3.41. The van der Waals surface area contributed by atoms with E-state index in [0.29, 0.717) is 6.04 Å². The van der Waals surface area contributed by atoms with Crippen LogP contribution in [0.5, 0.6) is 5.75 Å². The average Bonchev–Trinajstić information content (AvgIpc) is 3.23. The molecule has 0 aliphatic heterocycles. The molecule has 1 saturated carbocycles. The van der Waals surface area contributed by atoms with Crippen LogP contribution in [0, 0.1) is 6.92 Å². The third-order valence-electron chi connectivity index (χ3n) is 3.13. The van der Waals surface area contributed by atoms with Crippen molar-refractivity contribution in [3.05, 3.63) is 36.2 Å². The highest BCUT2D eigenvalue weighted by Gasteiger charge is 2.21. The fourth-order valence-electron chi connectivity index (χ4n) is 1.96. The van der Waals surface area contributed by atoms with Gasteiger partial charge in [0.05, 0.1) is 7.11 Å². The molecule has 20 heavy (non-hydrogen) atoms. The van der Waals surface area contributed by atoms with Crippen LogP contribution in [0.3, 0.4) is 0 Å². The summed E-state index contributed by atoms with van der Waals surface area (Å²) in [5, 5.41) is 6.67. The smallest absolute Gasteiger partial charge is 0.136 e. The lowest BCUT2D eigenvalue weighted by molar-refractivity contribution is 0.415. The third-order valence-corrected chi connectivity index (χ3v) is 3.13. The van der Waals surface area contributed by atoms with Crippen molar-refractivity contribution in [3.63, 3.8) is 0 Å². The van der Waals surface area contributed by atoms with Gasteiger partial charge in [-0.3, -0.25) is 0 Å². The Balaban J connectivity index is 1.76. The summed E-state index contributed by atoms with van der Waals surface area (Å²) in [5.74, 6) is 3.28. The SMILES string of the molecule is COc1ccc(Nc2cc(NC3CC3)nc(C)n2)cc1. The maximum Gasteiger partial charge on any atom is 0.136 e. The first-order valence-corrected chi connectivity index (χ1v) is 6.76. The molecule has 1 aromatic heterocycles. The quantitative estimate of drug-likeness (QED) is 0.874. The number of aryl methyl sites for hydroxylation is 1. The Bertz CT molecular complexity index is 593.